The van der Waals surface area contributed by atoms with Crippen molar-refractivity contribution < 1.29 is 9.59 Å². The lowest BCUT2D eigenvalue weighted by Crippen LogP contribution is -2.32. The molecule has 0 saturated carbocycles. The number of hydrogen-bond donors (Lipinski definition) is 1. The molecular weight excluding hydrogens is 348 g/mol. The van der Waals surface area contributed by atoms with Gasteiger partial charge in [-0.2, -0.15) is 0 Å². The maximum Gasteiger partial charge on any atom is 0.330 e. The van der Waals surface area contributed by atoms with Gasteiger partial charge in [0.05, 0.1) is 16.8 Å². The molecule has 0 aliphatic carbocycles. The van der Waals surface area contributed by atoms with E-state index in [1.165, 1.54) is 11.3 Å². The molecule has 3 aromatic rings. The average Bonchev–Trinajstić information content (AvgIpc) is 3.33. The van der Waals surface area contributed by atoms with Crippen molar-refractivity contribution in [3.63, 3.8) is 0 Å². The minimum atomic E-state index is -0.165. The van der Waals surface area contributed by atoms with Crippen LogP contribution in [0.15, 0.2) is 66.2 Å². The van der Waals surface area contributed by atoms with Gasteiger partial charge in [0, 0.05) is 18.8 Å². The van der Waals surface area contributed by atoms with Crippen LogP contribution < -0.4 is 15.1 Å². The molecule has 0 spiro atoms. The Morgan fingerprint density at radius 2 is 1.81 bits per heavy atom. The van der Waals surface area contributed by atoms with Crippen LogP contribution in [0, 0.1) is 0 Å². The minimum Gasteiger partial charge on any atom is -0.320 e. The van der Waals surface area contributed by atoms with Crippen LogP contribution in [0.1, 0.15) is 9.67 Å². The van der Waals surface area contributed by atoms with E-state index in [-0.39, 0.29) is 11.9 Å². The second-order valence-electron chi connectivity index (χ2n) is 5.76. The number of pyridine rings is 1. The first-order valence-corrected chi connectivity index (χ1v) is 9.05. The summed E-state index contributed by atoms with van der Waals surface area (Å²) in [5, 5.41) is 4.66. The molecule has 7 heteroatoms. The molecule has 1 aromatic carbocycles. The SMILES string of the molecule is O=C(Nc1ccc(N2CCN(c3ccccc3)C2=O)nc1)c1cccs1. The number of para-hydroxylation sites is 1. The predicted octanol–water partition coefficient (Wildman–Crippen LogP) is 3.84. The van der Waals surface area contributed by atoms with Gasteiger partial charge in [-0.05, 0) is 35.7 Å². The van der Waals surface area contributed by atoms with Gasteiger partial charge >= 0.3 is 6.03 Å². The Bertz CT molecular complexity index is 910. The normalized spacial score (nSPS) is 13.9. The average molecular weight is 364 g/mol. The molecule has 1 fully saturated rings. The third-order valence-electron chi connectivity index (χ3n) is 4.10. The molecule has 0 atom stereocenters. The Morgan fingerprint density at radius 3 is 2.50 bits per heavy atom. The number of nitrogens with one attached hydrogen (secondary N) is 1. The number of thiophene rings is 1. The van der Waals surface area contributed by atoms with Crippen molar-refractivity contribution in [1.82, 2.24) is 4.98 Å². The van der Waals surface area contributed by atoms with E-state index in [9.17, 15) is 9.59 Å². The summed E-state index contributed by atoms with van der Waals surface area (Å²) < 4.78 is 0. The maximum atomic E-state index is 12.7. The fourth-order valence-electron chi connectivity index (χ4n) is 2.82. The van der Waals surface area contributed by atoms with E-state index in [4.69, 9.17) is 0 Å². The van der Waals surface area contributed by atoms with Gasteiger partial charge in [-0.3, -0.25) is 14.6 Å². The fraction of sp³-hybridized carbons (Fsp3) is 0.105. The van der Waals surface area contributed by atoms with Crippen molar-refractivity contribution in [1.29, 1.82) is 0 Å². The zero-order valence-electron chi connectivity index (χ0n) is 13.8. The number of carbonyl (C=O) groups excluding carboxylic acids is 2. The van der Waals surface area contributed by atoms with E-state index < -0.39 is 0 Å². The number of anilines is 3. The molecule has 3 heterocycles. The lowest BCUT2D eigenvalue weighted by atomic mass is 10.3. The first-order chi connectivity index (χ1) is 12.7. The summed E-state index contributed by atoms with van der Waals surface area (Å²) in [6.07, 6.45) is 1.57. The lowest BCUT2D eigenvalue weighted by Gasteiger charge is -2.18. The van der Waals surface area contributed by atoms with E-state index >= 15 is 0 Å². The first kappa shape index (κ1) is 16.3. The molecule has 0 bridgehead atoms. The number of nitrogens with zero attached hydrogens (tertiary/aromatic N) is 3. The van der Waals surface area contributed by atoms with E-state index in [1.54, 1.807) is 34.2 Å². The summed E-state index contributed by atoms with van der Waals surface area (Å²) in [7, 11) is 0. The van der Waals surface area contributed by atoms with Gasteiger partial charge in [-0.25, -0.2) is 9.78 Å². The summed E-state index contributed by atoms with van der Waals surface area (Å²) in [6.45, 7) is 1.18. The van der Waals surface area contributed by atoms with Crippen LogP contribution in [0.3, 0.4) is 0 Å². The molecule has 0 radical (unpaired) electrons. The van der Waals surface area contributed by atoms with E-state index in [1.807, 2.05) is 41.8 Å². The number of rotatable bonds is 4. The lowest BCUT2D eigenvalue weighted by molar-refractivity contribution is 0.103. The molecule has 0 unspecified atom stereocenters. The number of amides is 3. The van der Waals surface area contributed by atoms with Gasteiger partial charge in [0.25, 0.3) is 5.91 Å². The van der Waals surface area contributed by atoms with Crippen molar-refractivity contribution >= 4 is 40.5 Å². The predicted molar refractivity (Wildman–Crippen MR) is 103 cm³/mol. The molecule has 26 heavy (non-hydrogen) atoms. The van der Waals surface area contributed by atoms with Crippen molar-refractivity contribution in [2.45, 2.75) is 0 Å². The second-order valence-corrected chi connectivity index (χ2v) is 6.71. The molecular formula is C19H16N4O2S. The molecule has 1 aliphatic heterocycles. The molecule has 1 aliphatic rings. The summed E-state index contributed by atoms with van der Waals surface area (Å²) in [4.78, 5) is 33.1. The van der Waals surface area contributed by atoms with Crippen LogP contribution in [-0.4, -0.2) is 30.0 Å². The molecule has 3 amide bonds. The number of carbonyl (C=O) groups is 2. The van der Waals surface area contributed by atoms with Crippen LogP contribution in [-0.2, 0) is 0 Å². The summed E-state index contributed by atoms with van der Waals surface area (Å²) >= 11 is 1.38. The standard InChI is InChI=1S/C19H16N4O2S/c24-18(16-7-4-12-26-16)21-14-8-9-17(20-13-14)23-11-10-22(19(23)25)15-5-2-1-3-6-15/h1-9,12-13H,10-11H2,(H,21,24). The summed E-state index contributed by atoms with van der Waals surface area (Å²) in [5.41, 5.74) is 1.47. The monoisotopic (exact) mass is 364 g/mol. The number of benzene rings is 1. The minimum absolute atomic E-state index is 0.0981. The van der Waals surface area contributed by atoms with E-state index in [0.717, 1.165) is 5.69 Å². The Kier molecular flexibility index (Phi) is 4.37. The highest BCUT2D eigenvalue weighted by Gasteiger charge is 2.31. The van der Waals surface area contributed by atoms with Crippen molar-refractivity contribution in [3.05, 3.63) is 71.1 Å². The van der Waals surface area contributed by atoms with Crippen LogP contribution in [0.5, 0.6) is 0 Å². The third-order valence-corrected chi connectivity index (χ3v) is 4.97. The van der Waals surface area contributed by atoms with Gasteiger partial charge in [0.15, 0.2) is 0 Å². The van der Waals surface area contributed by atoms with Crippen LogP contribution >= 0.6 is 11.3 Å². The molecule has 6 nitrogen and oxygen atoms in total. The fourth-order valence-corrected chi connectivity index (χ4v) is 3.44. The molecule has 1 saturated heterocycles. The number of hydrogen-bond acceptors (Lipinski definition) is 4. The van der Waals surface area contributed by atoms with Gasteiger partial charge < -0.3 is 5.32 Å². The summed E-state index contributed by atoms with van der Waals surface area (Å²) in [5.74, 6) is 0.407. The maximum absolute atomic E-state index is 12.7. The topological polar surface area (TPSA) is 65.5 Å². The van der Waals surface area contributed by atoms with Crippen molar-refractivity contribution in [2.75, 3.05) is 28.2 Å². The van der Waals surface area contributed by atoms with Gasteiger partial charge in [0.1, 0.15) is 5.82 Å². The Hall–Kier alpha value is -3.19. The van der Waals surface area contributed by atoms with Crippen LogP contribution in [0.4, 0.5) is 22.0 Å². The molecule has 4 rings (SSSR count). The summed E-state index contributed by atoms with van der Waals surface area (Å²) in [6, 6.07) is 16.6. The van der Waals surface area contributed by atoms with Gasteiger partial charge in [-0.1, -0.05) is 24.3 Å². The molecule has 1 N–H and O–H groups in total. The van der Waals surface area contributed by atoms with Gasteiger partial charge in [-0.15, -0.1) is 11.3 Å². The Labute approximate surface area is 154 Å². The van der Waals surface area contributed by atoms with Crippen LogP contribution in [0.2, 0.25) is 0 Å². The van der Waals surface area contributed by atoms with E-state index in [2.05, 4.69) is 10.3 Å². The van der Waals surface area contributed by atoms with E-state index in [0.29, 0.717) is 29.5 Å². The van der Waals surface area contributed by atoms with Gasteiger partial charge in [0.2, 0.25) is 0 Å². The smallest absolute Gasteiger partial charge is 0.320 e. The Morgan fingerprint density at radius 1 is 1.00 bits per heavy atom. The van der Waals surface area contributed by atoms with Crippen molar-refractivity contribution in [2.24, 2.45) is 0 Å². The Balaban J connectivity index is 1.46. The zero-order chi connectivity index (χ0) is 17.9. The number of aromatic nitrogens is 1. The highest BCUT2D eigenvalue weighted by Crippen LogP contribution is 2.24. The van der Waals surface area contributed by atoms with Crippen LogP contribution in [0.25, 0.3) is 0 Å². The highest BCUT2D eigenvalue weighted by atomic mass is 32.1. The second kappa shape index (κ2) is 6.97. The highest BCUT2D eigenvalue weighted by molar-refractivity contribution is 7.12. The largest absolute Gasteiger partial charge is 0.330 e. The first-order valence-electron chi connectivity index (χ1n) is 8.17. The number of urea groups is 1. The third kappa shape index (κ3) is 3.16. The molecule has 2 aromatic heterocycles. The van der Waals surface area contributed by atoms with Crippen molar-refractivity contribution in [3.8, 4) is 0 Å². The zero-order valence-corrected chi connectivity index (χ0v) is 14.6. The molecule has 130 valence electrons. The quantitative estimate of drug-likeness (QED) is 0.765.